The van der Waals surface area contributed by atoms with E-state index in [4.69, 9.17) is 4.74 Å². The van der Waals surface area contributed by atoms with Gasteiger partial charge < -0.3 is 4.74 Å². The number of esters is 1. The molecule has 1 aromatic carbocycles. The first-order valence-corrected chi connectivity index (χ1v) is 7.43. The predicted molar refractivity (Wildman–Crippen MR) is 82.8 cm³/mol. The standard InChI is InChI=1S/C12H11BrIN3O2/c1-3-19-12(18)10-15-11(17(2)16-10)8-6-7(14)4-5-9(8)13/h4-6H,3H2,1-2H3. The molecule has 2 rings (SSSR count). The van der Waals surface area contributed by atoms with E-state index in [9.17, 15) is 4.79 Å². The molecule has 19 heavy (non-hydrogen) atoms. The van der Waals surface area contributed by atoms with Crippen LogP contribution >= 0.6 is 38.5 Å². The van der Waals surface area contributed by atoms with Crippen LogP contribution in [0, 0.1) is 3.57 Å². The molecule has 100 valence electrons. The van der Waals surface area contributed by atoms with Crippen LogP contribution in [0.4, 0.5) is 0 Å². The summed E-state index contributed by atoms with van der Waals surface area (Å²) < 4.78 is 8.45. The summed E-state index contributed by atoms with van der Waals surface area (Å²) >= 11 is 5.70. The minimum Gasteiger partial charge on any atom is -0.460 e. The lowest BCUT2D eigenvalue weighted by atomic mass is 10.2. The lowest BCUT2D eigenvalue weighted by Crippen LogP contribution is -2.07. The summed E-state index contributed by atoms with van der Waals surface area (Å²) in [4.78, 5) is 15.9. The van der Waals surface area contributed by atoms with E-state index in [-0.39, 0.29) is 5.82 Å². The first-order valence-electron chi connectivity index (χ1n) is 5.56. The van der Waals surface area contributed by atoms with Crippen LogP contribution in [0.25, 0.3) is 11.4 Å². The zero-order chi connectivity index (χ0) is 14.0. The summed E-state index contributed by atoms with van der Waals surface area (Å²) in [5.41, 5.74) is 0.887. The number of halogens is 2. The molecular formula is C12H11BrIN3O2. The van der Waals surface area contributed by atoms with Crippen LogP contribution in [-0.2, 0) is 11.8 Å². The molecule has 1 heterocycles. The smallest absolute Gasteiger partial charge is 0.378 e. The van der Waals surface area contributed by atoms with E-state index in [0.717, 1.165) is 13.6 Å². The van der Waals surface area contributed by atoms with Crippen LogP contribution in [-0.4, -0.2) is 27.3 Å². The summed E-state index contributed by atoms with van der Waals surface area (Å²) in [6, 6.07) is 5.90. The van der Waals surface area contributed by atoms with Crippen molar-refractivity contribution in [3.63, 3.8) is 0 Å². The molecule has 0 atom stereocenters. The van der Waals surface area contributed by atoms with E-state index in [1.54, 1.807) is 18.7 Å². The van der Waals surface area contributed by atoms with Crippen LogP contribution in [0.15, 0.2) is 22.7 Å². The van der Waals surface area contributed by atoms with Crippen LogP contribution in [0.5, 0.6) is 0 Å². The Kier molecular flexibility index (Phi) is 4.56. The largest absolute Gasteiger partial charge is 0.460 e. The van der Waals surface area contributed by atoms with Gasteiger partial charge in [0.15, 0.2) is 5.82 Å². The van der Waals surface area contributed by atoms with Gasteiger partial charge in [0, 0.05) is 20.7 Å². The summed E-state index contributed by atoms with van der Waals surface area (Å²) in [7, 11) is 1.75. The van der Waals surface area contributed by atoms with Gasteiger partial charge in [0.2, 0.25) is 0 Å². The van der Waals surface area contributed by atoms with Gasteiger partial charge in [-0.1, -0.05) is 15.9 Å². The third-order valence-electron chi connectivity index (χ3n) is 2.39. The average molecular weight is 436 g/mol. The summed E-state index contributed by atoms with van der Waals surface area (Å²) in [6.07, 6.45) is 0. The first kappa shape index (κ1) is 14.4. The topological polar surface area (TPSA) is 57.0 Å². The predicted octanol–water partition coefficient (Wildman–Crippen LogP) is 3.03. The van der Waals surface area contributed by atoms with Gasteiger partial charge in [-0.05, 0) is 47.7 Å². The molecule has 0 aliphatic heterocycles. The highest BCUT2D eigenvalue weighted by Crippen LogP contribution is 2.28. The maximum atomic E-state index is 11.6. The summed E-state index contributed by atoms with van der Waals surface area (Å²) in [5.74, 6) is 0.185. The Balaban J connectivity index is 2.46. The van der Waals surface area contributed by atoms with Gasteiger partial charge in [-0.2, -0.15) is 0 Å². The van der Waals surface area contributed by atoms with Crippen molar-refractivity contribution in [2.45, 2.75) is 6.92 Å². The van der Waals surface area contributed by atoms with Gasteiger partial charge in [-0.25, -0.2) is 14.5 Å². The quantitative estimate of drug-likeness (QED) is 0.549. The van der Waals surface area contributed by atoms with E-state index in [2.05, 4.69) is 48.6 Å². The Hall–Kier alpha value is -0.960. The van der Waals surface area contributed by atoms with Crippen LogP contribution in [0.1, 0.15) is 17.5 Å². The van der Waals surface area contributed by atoms with Crippen molar-refractivity contribution in [1.29, 1.82) is 0 Å². The molecule has 0 aliphatic rings. The maximum Gasteiger partial charge on any atom is 0.378 e. The normalized spacial score (nSPS) is 10.5. The second-order valence-corrected chi connectivity index (χ2v) is 5.83. The van der Waals surface area contributed by atoms with Gasteiger partial charge in [-0.15, -0.1) is 5.10 Å². The zero-order valence-corrected chi connectivity index (χ0v) is 14.1. The second kappa shape index (κ2) is 6.00. The first-order chi connectivity index (χ1) is 9.02. The van der Waals surface area contributed by atoms with Gasteiger partial charge in [-0.3, -0.25) is 0 Å². The van der Waals surface area contributed by atoms with Gasteiger partial charge in [0.1, 0.15) is 0 Å². The molecule has 0 spiro atoms. The van der Waals surface area contributed by atoms with E-state index in [0.29, 0.717) is 12.4 Å². The Bertz CT molecular complexity index is 627. The van der Waals surface area contributed by atoms with E-state index >= 15 is 0 Å². The van der Waals surface area contributed by atoms with Crippen molar-refractivity contribution in [1.82, 2.24) is 14.8 Å². The minimum atomic E-state index is -0.508. The number of aromatic nitrogens is 3. The van der Waals surface area contributed by atoms with Crippen molar-refractivity contribution in [3.05, 3.63) is 32.1 Å². The zero-order valence-electron chi connectivity index (χ0n) is 10.4. The molecule has 5 nitrogen and oxygen atoms in total. The number of carbonyl (C=O) groups excluding carboxylic acids is 1. The van der Waals surface area contributed by atoms with Crippen LogP contribution in [0.2, 0.25) is 0 Å². The fourth-order valence-corrected chi connectivity index (χ4v) is 2.49. The van der Waals surface area contributed by atoms with Crippen LogP contribution in [0.3, 0.4) is 0 Å². The Morgan fingerprint density at radius 3 is 2.95 bits per heavy atom. The third-order valence-corrected chi connectivity index (χ3v) is 3.75. The molecule has 0 amide bonds. The number of aryl methyl sites for hydroxylation is 1. The molecule has 0 bridgehead atoms. The molecule has 0 aliphatic carbocycles. The van der Waals surface area contributed by atoms with E-state index < -0.39 is 5.97 Å². The molecular weight excluding hydrogens is 425 g/mol. The van der Waals surface area contributed by atoms with Crippen molar-refractivity contribution >= 4 is 44.5 Å². The van der Waals surface area contributed by atoms with Gasteiger partial charge in [0.05, 0.1) is 6.61 Å². The van der Waals surface area contributed by atoms with Gasteiger partial charge in [0.25, 0.3) is 5.82 Å². The molecule has 0 N–H and O–H groups in total. The monoisotopic (exact) mass is 435 g/mol. The summed E-state index contributed by atoms with van der Waals surface area (Å²) in [5, 5.41) is 4.08. The Morgan fingerprint density at radius 1 is 1.53 bits per heavy atom. The molecule has 0 saturated heterocycles. The number of rotatable bonds is 3. The Morgan fingerprint density at radius 2 is 2.26 bits per heavy atom. The lowest BCUT2D eigenvalue weighted by molar-refractivity contribution is 0.0512. The highest BCUT2D eigenvalue weighted by molar-refractivity contribution is 14.1. The molecule has 2 aromatic rings. The number of nitrogens with zero attached hydrogens (tertiary/aromatic N) is 3. The Labute approximate surface area is 132 Å². The molecule has 1 aromatic heterocycles. The summed E-state index contributed by atoms with van der Waals surface area (Å²) in [6.45, 7) is 2.05. The van der Waals surface area contributed by atoms with Crippen molar-refractivity contribution in [2.75, 3.05) is 6.61 Å². The maximum absolute atomic E-state index is 11.6. The van der Waals surface area contributed by atoms with Crippen LogP contribution < -0.4 is 0 Å². The number of benzene rings is 1. The van der Waals surface area contributed by atoms with E-state index in [1.807, 2.05) is 18.2 Å². The fraction of sp³-hybridized carbons (Fsp3) is 0.250. The second-order valence-electron chi connectivity index (χ2n) is 3.73. The highest BCUT2D eigenvalue weighted by Gasteiger charge is 2.18. The fourth-order valence-electron chi connectivity index (χ4n) is 1.57. The molecule has 0 unspecified atom stereocenters. The van der Waals surface area contributed by atoms with Crippen molar-refractivity contribution in [2.24, 2.45) is 7.05 Å². The average Bonchev–Trinajstić information content (AvgIpc) is 2.75. The van der Waals surface area contributed by atoms with E-state index in [1.165, 1.54) is 0 Å². The third kappa shape index (κ3) is 3.14. The van der Waals surface area contributed by atoms with Crippen molar-refractivity contribution in [3.8, 4) is 11.4 Å². The molecule has 0 fully saturated rings. The van der Waals surface area contributed by atoms with Gasteiger partial charge >= 0.3 is 5.97 Å². The number of carbonyl (C=O) groups is 1. The minimum absolute atomic E-state index is 0.0742. The molecule has 0 saturated carbocycles. The molecule has 0 radical (unpaired) electrons. The number of ether oxygens (including phenoxy) is 1. The molecule has 7 heteroatoms. The number of hydrogen-bond donors (Lipinski definition) is 0. The lowest BCUT2D eigenvalue weighted by Gasteiger charge is -2.03. The number of hydrogen-bond acceptors (Lipinski definition) is 4. The SMILES string of the molecule is CCOC(=O)c1nc(-c2cc(I)ccc2Br)n(C)n1. The van der Waals surface area contributed by atoms with Crippen molar-refractivity contribution < 1.29 is 9.53 Å². The highest BCUT2D eigenvalue weighted by atomic mass is 127.